The molecule has 130 valence electrons. The van der Waals surface area contributed by atoms with Crippen molar-refractivity contribution < 1.29 is 4.79 Å². The first-order chi connectivity index (χ1) is 12.2. The number of thioether (sulfide) groups is 1. The molecular formula is C16H17N5OS3. The van der Waals surface area contributed by atoms with Gasteiger partial charge in [-0.05, 0) is 19.1 Å². The quantitative estimate of drug-likeness (QED) is 0.602. The first-order valence-corrected chi connectivity index (χ1v) is 10.4. The van der Waals surface area contributed by atoms with Gasteiger partial charge in [0.25, 0.3) is 0 Å². The fraction of sp³-hybridized carbons (Fsp3) is 0.250. The number of carbonyl (C=O) groups is 1. The number of carbonyl (C=O) groups excluding carboxylic acids is 1. The highest BCUT2D eigenvalue weighted by Crippen LogP contribution is 2.32. The lowest BCUT2D eigenvalue weighted by Crippen LogP contribution is -2.22. The molecule has 0 radical (unpaired) electrons. The second-order valence-electron chi connectivity index (χ2n) is 5.00. The van der Waals surface area contributed by atoms with Crippen LogP contribution in [0.25, 0.3) is 0 Å². The van der Waals surface area contributed by atoms with Gasteiger partial charge in [-0.15, -0.1) is 21.5 Å². The molecule has 0 unspecified atom stereocenters. The van der Waals surface area contributed by atoms with Gasteiger partial charge in [-0.3, -0.25) is 9.69 Å². The van der Waals surface area contributed by atoms with E-state index < -0.39 is 0 Å². The first kappa shape index (κ1) is 17.8. The van der Waals surface area contributed by atoms with Gasteiger partial charge in [-0.2, -0.15) is 0 Å². The zero-order chi connectivity index (χ0) is 17.6. The molecule has 0 fully saturated rings. The van der Waals surface area contributed by atoms with E-state index in [-0.39, 0.29) is 5.91 Å². The Morgan fingerprint density at radius 2 is 2.08 bits per heavy atom. The Morgan fingerprint density at radius 3 is 2.80 bits per heavy atom. The van der Waals surface area contributed by atoms with Crippen LogP contribution in [0.15, 0.2) is 40.1 Å². The Morgan fingerprint density at radius 1 is 1.28 bits per heavy atom. The summed E-state index contributed by atoms with van der Waals surface area (Å²) in [6.07, 6.45) is 0. The normalized spacial score (nSPS) is 10.6. The molecule has 3 rings (SSSR count). The second-order valence-corrected chi connectivity index (χ2v) is 8.04. The van der Waals surface area contributed by atoms with Crippen LogP contribution < -0.4 is 10.2 Å². The molecule has 3 aromatic rings. The standard InChI is InChI=1S/C16H17N5OS3/c1-3-17-14-19-20-16(25-14)24-10-12-9-23-15(18-12)21(11(2)22)13-7-5-4-6-8-13/h4-9H,3,10H2,1-2H3,(H,17,19). The van der Waals surface area contributed by atoms with Crippen LogP contribution in [-0.4, -0.2) is 27.6 Å². The summed E-state index contributed by atoms with van der Waals surface area (Å²) in [6.45, 7) is 4.40. The van der Waals surface area contributed by atoms with Crippen LogP contribution in [0.2, 0.25) is 0 Å². The number of hydrogen-bond acceptors (Lipinski definition) is 8. The van der Waals surface area contributed by atoms with Gasteiger partial charge in [0.1, 0.15) is 0 Å². The highest BCUT2D eigenvalue weighted by atomic mass is 32.2. The summed E-state index contributed by atoms with van der Waals surface area (Å²) < 4.78 is 0.900. The maximum absolute atomic E-state index is 12.1. The summed E-state index contributed by atoms with van der Waals surface area (Å²) >= 11 is 4.59. The predicted molar refractivity (Wildman–Crippen MR) is 105 cm³/mol. The van der Waals surface area contributed by atoms with Crippen molar-refractivity contribution in [3.63, 3.8) is 0 Å². The van der Waals surface area contributed by atoms with E-state index in [1.54, 1.807) is 23.6 Å². The van der Waals surface area contributed by atoms with E-state index in [1.807, 2.05) is 42.6 Å². The van der Waals surface area contributed by atoms with E-state index in [1.165, 1.54) is 22.7 Å². The highest BCUT2D eigenvalue weighted by Gasteiger charge is 2.17. The predicted octanol–water partition coefficient (Wildman–Crippen LogP) is 4.40. The second kappa shape index (κ2) is 8.41. The van der Waals surface area contributed by atoms with Gasteiger partial charge in [-0.25, -0.2) is 4.98 Å². The number of anilines is 3. The van der Waals surface area contributed by atoms with Gasteiger partial charge >= 0.3 is 0 Å². The number of rotatable bonds is 7. The average Bonchev–Trinajstić information content (AvgIpc) is 3.24. The van der Waals surface area contributed by atoms with E-state index in [0.717, 1.165) is 27.4 Å². The monoisotopic (exact) mass is 391 g/mol. The van der Waals surface area contributed by atoms with Crippen molar-refractivity contribution in [1.82, 2.24) is 15.2 Å². The smallest absolute Gasteiger partial charge is 0.230 e. The molecule has 0 aliphatic rings. The first-order valence-electron chi connectivity index (χ1n) is 7.67. The van der Waals surface area contributed by atoms with Crippen LogP contribution in [0.1, 0.15) is 19.5 Å². The average molecular weight is 392 g/mol. The number of para-hydroxylation sites is 1. The lowest BCUT2D eigenvalue weighted by atomic mass is 10.3. The molecule has 2 heterocycles. The van der Waals surface area contributed by atoms with Gasteiger partial charge in [0.15, 0.2) is 9.47 Å². The molecule has 0 spiro atoms. The minimum absolute atomic E-state index is 0.0563. The molecule has 6 nitrogen and oxygen atoms in total. The zero-order valence-electron chi connectivity index (χ0n) is 13.8. The minimum atomic E-state index is -0.0563. The van der Waals surface area contributed by atoms with Crippen molar-refractivity contribution >= 4 is 56.3 Å². The lowest BCUT2D eigenvalue weighted by Gasteiger charge is -2.17. The summed E-state index contributed by atoms with van der Waals surface area (Å²) in [4.78, 5) is 18.3. The third-order valence-corrected chi connectivity index (χ3v) is 6.06. The van der Waals surface area contributed by atoms with Gasteiger partial charge in [0.05, 0.1) is 11.4 Å². The Bertz CT molecular complexity index is 833. The minimum Gasteiger partial charge on any atom is -0.360 e. The van der Waals surface area contributed by atoms with Crippen LogP contribution >= 0.6 is 34.4 Å². The van der Waals surface area contributed by atoms with Crippen molar-refractivity contribution in [2.24, 2.45) is 0 Å². The summed E-state index contributed by atoms with van der Waals surface area (Å²) in [5, 5.41) is 14.9. The number of aromatic nitrogens is 3. The summed E-state index contributed by atoms with van der Waals surface area (Å²) in [6, 6.07) is 9.55. The number of benzene rings is 1. The topological polar surface area (TPSA) is 71.0 Å². The van der Waals surface area contributed by atoms with E-state index in [0.29, 0.717) is 10.9 Å². The molecule has 0 saturated carbocycles. The van der Waals surface area contributed by atoms with Crippen LogP contribution in [-0.2, 0) is 10.5 Å². The van der Waals surface area contributed by atoms with Crippen LogP contribution in [0.3, 0.4) is 0 Å². The Labute approximate surface area is 158 Å². The van der Waals surface area contributed by atoms with Gasteiger partial charge < -0.3 is 5.32 Å². The van der Waals surface area contributed by atoms with E-state index in [9.17, 15) is 4.79 Å². The molecule has 9 heteroatoms. The molecule has 0 saturated heterocycles. The van der Waals surface area contributed by atoms with Crippen molar-refractivity contribution in [2.75, 3.05) is 16.8 Å². The van der Waals surface area contributed by atoms with Gasteiger partial charge in [0, 0.05) is 24.6 Å². The lowest BCUT2D eigenvalue weighted by molar-refractivity contribution is -0.115. The van der Waals surface area contributed by atoms with Gasteiger partial charge in [0.2, 0.25) is 11.0 Å². The molecule has 0 aliphatic carbocycles. The number of hydrogen-bond donors (Lipinski definition) is 1. The van der Waals surface area contributed by atoms with Crippen molar-refractivity contribution in [1.29, 1.82) is 0 Å². The molecule has 2 aromatic heterocycles. The molecule has 1 amide bonds. The Balaban J connectivity index is 1.69. The van der Waals surface area contributed by atoms with E-state index in [4.69, 9.17) is 0 Å². The van der Waals surface area contributed by atoms with Crippen molar-refractivity contribution in [3.8, 4) is 0 Å². The molecule has 0 aliphatic heterocycles. The molecule has 1 aromatic carbocycles. The Hall–Kier alpha value is -1.97. The Kier molecular flexibility index (Phi) is 6.00. The van der Waals surface area contributed by atoms with Crippen LogP contribution in [0, 0.1) is 0 Å². The molecule has 25 heavy (non-hydrogen) atoms. The van der Waals surface area contributed by atoms with Crippen LogP contribution in [0.4, 0.5) is 16.0 Å². The third-order valence-electron chi connectivity index (χ3n) is 3.14. The molecule has 1 N–H and O–H groups in total. The zero-order valence-corrected chi connectivity index (χ0v) is 16.2. The largest absolute Gasteiger partial charge is 0.360 e. The molecule has 0 bridgehead atoms. The number of thiazole rings is 1. The molecule has 0 atom stereocenters. The number of amides is 1. The van der Waals surface area contributed by atoms with Crippen molar-refractivity contribution in [3.05, 3.63) is 41.4 Å². The van der Waals surface area contributed by atoms with E-state index >= 15 is 0 Å². The van der Waals surface area contributed by atoms with Gasteiger partial charge in [-0.1, -0.05) is 41.3 Å². The SMILES string of the molecule is CCNc1nnc(SCc2csc(N(C(C)=O)c3ccccc3)n2)s1. The fourth-order valence-electron chi connectivity index (χ4n) is 2.10. The summed E-state index contributed by atoms with van der Waals surface area (Å²) in [5.74, 6) is 0.636. The molecular weight excluding hydrogens is 374 g/mol. The fourth-order valence-corrected chi connectivity index (χ4v) is 4.80. The summed E-state index contributed by atoms with van der Waals surface area (Å²) in [5.41, 5.74) is 1.75. The van der Waals surface area contributed by atoms with E-state index in [2.05, 4.69) is 20.5 Å². The number of nitrogens with one attached hydrogen (secondary N) is 1. The third kappa shape index (κ3) is 4.56. The highest BCUT2D eigenvalue weighted by molar-refractivity contribution is 8.00. The maximum Gasteiger partial charge on any atom is 0.230 e. The number of nitrogens with zero attached hydrogens (tertiary/aromatic N) is 4. The van der Waals surface area contributed by atoms with Crippen LogP contribution in [0.5, 0.6) is 0 Å². The summed E-state index contributed by atoms with van der Waals surface area (Å²) in [7, 11) is 0. The van der Waals surface area contributed by atoms with Crippen molar-refractivity contribution in [2.45, 2.75) is 23.9 Å². The maximum atomic E-state index is 12.1.